The van der Waals surface area contributed by atoms with Crippen LogP contribution in [0.2, 0.25) is 10.0 Å². The predicted octanol–water partition coefficient (Wildman–Crippen LogP) is 23.1. The Hall–Kier alpha value is -14.1. The molecule has 10 aliphatic rings. The van der Waals surface area contributed by atoms with Crippen molar-refractivity contribution in [2.24, 2.45) is 0 Å². The second-order valence-corrected chi connectivity index (χ2v) is 38.4. The van der Waals surface area contributed by atoms with Crippen LogP contribution < -0.4 is 0 Å². The summed E-state index contributed by atoms with van der Waals surface area (Å²) in [6.07, 6.45) is 4.73. The molecule has 700 valence electrons. The number of benzene rings is 15. The molecule has 15 nitrogen and oxygen atoms in total. The van der Waals surface area contributed by atoms with Gasteiger partial charge < -0.3 is 24.5 Å². The minimum absolute atomic E-state index is 0.0550. The molecule has 10 heterocycles. The number of carbonyl (C=O) groups excluding carboxylic acids is 5. The second kappa shape index (κ2) is 39.3. The lowest BCUT2D eigenvalue weighted by Crippen LogP contribution is -2.60. The van der Waals surface area contributed by atoms with E-state index >= 15 is 0 Å². The molecule has 25 rings (SSSR count). The molecule has 0 aliphatic carbocycles. The second-order valence-electron chi connectivity index (χ2n) is 37.6. The van der Waals surface area contributed by atoms with E-state index in [1.54, 1.807) is 0 Å². The van der Waals surface area contributed by atoms with E-state index < -0.39 is 28.3 Å². The first-order valence-corrected chi connectivity index (χ1v) is 49.4. The number of hydrogen-bond acceptors (Lipinski definition) is 10. The highest BCUT2D eigenvalue weighted by molar-refractivity contribution is 6.31. The molecule has 5 amide bonds. The van der Waals surface area contributed by atoms with Crippen molar-refractivity contribution in [3.63, 3.8) is 0 Å². The number of amides is 5. The third-order valence-corrected chi connectivity index (χ3v) is 30.2. The maximum absolute atomic E-state index is 13.4. The number of nitrogens with zero attached hydrogens (tertiary/aromatic N) is 10. The average Bonchev–Trinajstić information content (AvgIpc) is 1.56. The molecule has 5 saturated heterocycles. The van der Waals surface area contributed by atoms with Crippen LogP contribution >= 0.6 is 23.2 Å². The third kappa shape index (κ3) is 16.1. The molecule has 15 aromatic rings. The highest BCUT2D eigenvalue weighted by Crippen LogP contribution is 2.56. The fraction of sp³-hybridized carbons (Fsp3) is 0.215. The average molecular weight is 1890 g/mol. The van der Waals surface area contributed by atoms with Crippen LogP contribution in [-0.4, -0.2) is 144 Å². The summed E-state index contributed by atoms with van der Waals surface area (Å²) < 4.78 is 26.8. The Morgan fingerprint density at radius 2 is 0.400 bits per heavy atom. The summed E-state index contributed by atoms with van der Waals surface area (Å²) in [7, 11) is 0. The van der Waals surface area contributed by atoms with Crippen molar-refractivity contribution in [1.82, 2.24) is 49.0 Å². The smallest absolute Gasteiger partial charge is 0.256 e. The highest BCUT2D eigenvalue weighted by atomic mass is 35.5. The van der Waals surface area contributed by atoms with Crippen LogP contribution in [0.1, 0.15) is 173 Å². The molecule has 0 bridgehead atoms. The number of aryl methyl sites for hydroxylation is 1. The van der Waals surface area contributed by atoms with Gasteiger partial charge in [-0.25, -0.2) is 8.78 Å². The van der Waals surface area contributed by atoms with Gasteiger partial charge in [-0.1, -0.05) is 344 Å². The van der Waals surface area contributed by atoms with Crippen molar-refractivity contribution in [3.05, 3.63) is 533 Å². The molecule has 5 fully saturated rings. The largest absolute Gasteiger partial charge is 0.312 e. The summed E-state index contributed by atoms with van der Waals surface area (Å²) in [5.74, 6) is 0.0677. The fourth-order valence-corrected chi connectivity index (χ4v) is 24.2. The number of halogens is 4. The van der Waals surface area contributed by atoms with Crippen LogP contribution in [0.4, 0.5) is 8.78 Å². The van der Waals surface area contributed by atoms with Crippen LogP contribution in [-0.2, 0) is 61.0 Å². The van der Waals surface area contributed by atoms with E-state index in [-0.39, 0.29) is 41.2 Å². The summed E-state index contributed by atoms with van der Waals surface area (Å²) in [6, 6.07) is 130. The molecule has 0 aromatic heterocycles. The molecule has 0 radical (unpaired) electrons. The number of hydrogen-bond donors (Lipinski definition) is 0. The lowest BCUT2D eigenvalue weighted by molar-refractivity contribution is -0.0435. The summed E-state index contributed by atoms with van der Waals surface area (Å²) in [6.45, 7) is 14.0. The zero-order chi connectivity index (χ0) is 95.7. The zero-order valence-electron chi connectivity index (χ0n) is 78.2. The first-order chi connectivity index (χ1) is 68.5. The Morgan fingerprint density at radius 1 is 0.214 bits per heavy atom. The molecular formula is C121H108Cl2F2N10O5. The van der Waals surface area contributed by atoms with Gasteiger partial charge in [0.2, 0.25) is 0 Å². The van der Waals surface area contributed by atoms with E-state index in [0.717, 1.165) is 194 Å². The zero-order valence-corrected chi connectivity index (χ0v) is 79.7. The van der Waals surface area contributed by atoms with Crippen LogP contribution in [0.25, 0.3) is 0 Å². The summed E-state index contributed by atoms with van der Waals surface area (Å²) in [5, 5.41) is 1.37. The van der Waals surface area contributed by atoms with E-state index in [1.807, 2.05) is 197 Å². The molecule has 0 saturated carbocycles. The van der Waals surface area contributed by atoms with Crippen LogP contribution in [0.5, 0.6) is 0 Å². The van der Waals surface area contributed by atoms with Gasteiger partial charge in [-0.05, 0) is 174 Å². The van der Waals surface area contributed by atoms with E-state index in [0.29, 0.717) is 29.7 Å². The standard InChI is InChI=1S/C25H24N2O.C24H20ClFN2O.C24H21ClN2O.C24H21FN2O.C24H22N2O/c1-19-12-14-21(15-13-19)25-23-11-6-5-10-22(23)24(28)27(25)17-7-16-26(25)18-20-8-3-2-4-9-20;25-19-10-8-18(9-11-19)24-22-5-2-1-4-21(22)23(29)28(24)15-3-14-27(24)16-17-6-12-20(26)13-7-17;25-20-13-11-19(12-14-20)24-22-10-5-4-9-21(22)23(28)27(24)16-6-15-26(24)17-18-7-2-1-3-8-18;25-20-13-11-18(12-14-20)17-26-15-6-16-27-23(28)21-9-4-5-10-22(21)24(26,27)19-7-2-1-3-8-19;27-23-21-14-7-8-15-22(21)24(20-12-5-2-6-13-20)25(16-9-17-26(23)24)18-19-10-3-1-4-11-19/h2-6,8-15H,7,16-18H2,1H3;1-2,4-13H,3,14-16H2;2*1-5,7-14H,6,15-17H2;1-8,10-15H,9,16-18H2. The monoisotopic (exact) mass is 1890 g/mol. The summed E-state index contributed by atoms with van der Waals surface area (Å²) in [4.78, 5) is 89.0. The number of fused-ring (bicyclic) bond motifs is 15. The van der Waals surface area contributed by atoms with E-state index in [1.165, 1.54) is 57.6 Å². The Bertz CT molecular complexity index is 6880. The van der Waals surface area contributed by atoms with Gasteiger partial charge in [-0.2, -0.15) is 0 Å². The van der Waals surface area contributed by atoms with Crippen LogP contribution in [0, 0.1) is 18.6 Å². The van der Waals surface area contributed by atoms with Gasteiger partial charge in [0.25, 0.3) is 29.5 Å². The van der Waals surface area contributed by atoms with Crippen molar-refractivity contribution >= 4 is 52.7 Å². The van der Waals surface area contributed by atoms with Gasteiger partial charge in [-0.3, -0.25) is 48.5 Å². The molecule has 0 N–H and O–H groups in total. The summed E-state index contributed by atoms with van der Waals surface area (Å²) in [5.41, 5.74) is 19.0. The highest BCUT2D eigenvalue weighted by Gasteiger charge is 2.62. The first kappa shape index (κ1) is 92.3. The molecule has 5 unspecified atom stereocenters. The van der Waals surface area contributed by atoms with E-state index in [2.05, 4.69) is 229 Å². The Labute approximate surface area is 827 Å². The molecular weight excluding hydrogens is 1780 g/mol. The fourth-order valence-electron chi connectivity index (χ4n) is 23.9. The first-order valence-electron chi connectivity index (χ1n) is 48.7. The normalized spacial score (nSPS) is 21.5. The van der Waals surface area contributed by atoms with Crippen molar-refractivity contribution in [2.45, 2.75) is 100 Å². The number of rotatable bonds is 15. The minimum atomic E-state index is -0.690. The van der Waals surface area contributed by atoms with Gasteiger partial charge in [0, 0.05) is 164 Å². The lowest BCUT2D eigenvalue weighted by atomic mass is 9.86. The lowest BCUT2D eigenvalue weighted by Gasteiger charge is -2.51. The SMILES string of the molecule is Cc1ccc(C23c4ccccc4C(=O)N2CCCN3Cc2ccccc2)cc1.O=C1c2ccccc2C2(c3ccc(Cl)cc3)N(Cc3ccc(F)cc3)CCCN12.O=C1c2ccccc2C2(c3ccc(Cl)cc3)N(Cc3ccccc3)CCCN12.O=C1c2ccccc2C2(c3ccccc3)N(Cc3ccc(F)cc3)CCCN12.O=C1c2ccccc2C2(c3ccccc3)N(Cc3ccccc3)CCCN12. The van der Waals surface area contributed by atoms with E-state index in [4.69, 9.17) is 23.2 Å². The Balaban J connectivity index is 0.000000104. The molecule has 140 heavy (non-hydrogen) atoms. The maximum Gasteiger partial charge on any atom is 0.256 e. The van der Waals surface area contributed by atoms with Gasteiger partial charge in [0.05, 0.1) is 0 Å². The van der Waals surface area contributed by atoms with Gasteiger partial charge in [-0.15, -0.1) is 0 Å². The number of carbonyl (C=O) groups is 5. The topological polar surface area (TPSA) is 118 Å². The molecule has 10 aliphatic heterocycles. The molecule has 15 aromatic carbocycles. The van der Waals surface area contributed by atoms with Gasteiger partial charge in [0.15, 0.2) is 0 Å². The quantitative estimate of drug-likeness (QED) is 0.0982. The minimum Gasteiger partial charge on any atom is -0.312 e. The van der Waals surface area contributed by atoms with Gasteiger partial charge in [0.1, 0.15) is 39.9 Å². The predicted molar refractivity (Wildman–Crippen MR) is 546 cm³/mol. The third-order valence-electron chi connectivity index (χ3n) is 29.7. The van der Waals surface area contributed by atoms with E-state index in [9.17, 15) is 32.8 Å². The van der Waals surface area contributed by atoms with Crippen LogP contribution in [0.3, 0.4) is 0 Å². The Kier molecular flexibility index (Phi) is 25.9. The maximum atomic E-state index is 13.4. The molecule has 5 atom stereocenters. The van der Waals surface area contributed by atoms with Crippen molar-refractivity contribution < 1.29 is 32.8 Å². The molecule has 0 spiro atoms. The van der Waals surface area contributed by atoms with Crippen molar-refractivity contribution in [3.8, 4) is 0 Å². The summed E-state index contributed by atoms with van der Waals surface area (Å²) >= 11 is 12.4. The Morgan fingerprint density at radius 3 is 0.629 bits per heavy atom. The van der Waals surface area contributed by atoms with Crippen molar-refractivity contribution in [1.29, 1.82) is 0 Å². The van der Waals surface area contributed by atoms with Gasteiger partial charge >= 0.3 is 0 Å². The van der Waals surface area contributed by atoms with Crippen molar-refractivity contribution in [2.75, 3.05) is 65.4 Å². The molecule has 19 heteroatoms. The van der Waals surface area contributed by atoms with Crippen LogP contribution in [0.15, 0.2) is 394 Å².